The van der Waals surface area contributed by atoms with Crippen LogP contribution in [-0.2, 0) is 19.1 Å². The molecule has 5 unspecified atom stereocenters. The van der Waals surface area contributed by atoms with Crippen LogP contribution in [0.25, 0.3) is 32.3 Å². The number of carbonyl (C=O) groups is 4. The average Bonchev–Trinajstić information content (AvgIpc) is 4.05. The smallest absolute Gasteiger partial charge is 0.407 e. The fourth-order valence-electron chi connectivity index (χ4n) is 9.24. The molecular weight excluding hydrogens is 721 g/mol. The summed E-state index contributed by atoms with van der Waals surface area (Å²) in [6.07, 6.45) is 9.37. The molecule has 2 saturated heterocycles. The second-order valence-electron chi connectivity index (χ2n) is 15.4. The first-order valence-corrected chi connectivity index (χ1v) is 20.1. The molecule has 3 aromatic heterocycles. The highest BCUT2D eigenvalue weighted by molar-refractivity contribution is 7.18. The number of hydrogen-bond acceptors (Lipinski definition) is 9. The van der Waals surface area contributed by atoms with Crippen molar-refractivity contribution in [2.45, 2.75) is 88.8 Å². The van der Waals surface area contributed by atoms with E-state index in [1.54, 1.807) is 16.2 Å². The predicted octanol–water partition coefficient (Wildman–Crippen LogP) is 6.62. The van der Waals surface area contributed by atoms with Gasteiger partial charge in [0.15, 0.2) is 0 Å². The molecule has 4 aromatic rings. The molecule has 4 N–H and O–H groups in total. The highest BCUT2D eigenvalue weighted by Gasteiger charge is 2.42. The fraction of sp³-hybridized carbons (Fsp3) is 0.500. The number of alkyl carbamates (subject to hydrolysis) is 2. The van der Waals surface area contributed by atoms with E-state index in [2.05, 4.69) is 49.6 Å². The van der Waals surface area contributed by atoms with E-state index >= 15 is 0 Å². The van der Waals surface area contributed by atoms with Crippen LogP contribution >= 0.6 is 11.3 Å². The average molecular weight is 769 g/mol. The Bertz CT molecular complexity index is 2100. The van der Waals surface area contributed by atoms with E-state index in [-0.39, 0.29) is 36.4 Å². The van der Waals surface area contributed by atoms with Gasteiger partial charge in [-0.3, -0.25) is 9.59 Å². The summed E-state index contributed by atoms with van der Waals surface area (Å²) in [5, 5.41) is 5.22. The van der Waals surface area contributed by atoms with E-state index in [1.807, 2.05) is 31.1 Å². The van der Waals surface area contributed by atoms with Crippen molar-refractivity contribution in [2.75, 3.05) is 33.9 Å². The topological polar surface area (TPSA) is 175 Å². The van der Waals surface area contributed by atoms with Gasteiger partial charge >= 0.3 is 12.2 Å². The van der Waals surface area contributed by atoms with E-state index in [1.165, 1.54) is 54.2 Å². The Morgan fingerprint density at radius 1 is 0.800 bits per heavy atom. The Balaban J connectivity index is 1.02. The van der Waals surface area contributed by atoms with Crippen LogP contribution in [0.2, 0.25) is 0 Å². The van der Waals surface area contributed by atoms with Crippen LogP contribution in [0.1, 0.15) is 105 Å². The highest BCUT2D eigenvalue weighted by Crippen LogP contribution is 2.58. The number of benzene rings is 1. The number of rotatable bonds is 10. The molecule has 3 fully saturated rings. The summed E-state index contributed by atoms with van der Waals surface area (Å²) in [5.74, 6) is 2.15. The molecule has 55 heavy (non-hydrogen) atoms. The van der Waals surface area contributed by atoms with Crippen molar-refractivity contribution in [3.05, 3.63) is 59.4 Å². The summed E-state index contributed by atoms with van der Waals surface area (Å²) in [5.41, 5.74) is 7.19. The number of H-pyrrole nitrogens is 2. The van der Waals surface area contributed by atoms with Gasteiger partial charge < -0.3 is 39.9 Å². The zero-order valence-corrected chi connectivity index (χ0v) is 32.5. The van der Waals surface area contributed by atoms with Crippen molar-refractivity contribution in [1.82, 2.24) is 40.4 Å². The Labute approximate surface area is 323 Å². The first-order chi connectivity index (χ1) is 26.6. The van der Waals surface area contributed by atoms with Crippen LogP contribution in [0.5, 0.6) is 0 Å². The minimum absolute atomic E-state index is 0.1000. The number of methoxy groups -OCH3 is 2. The maximum absolute atomic E-state index is 13.7. The Hall–Kier alpha value is -5.18. The zero-order chi connectivity index (χ0) is 38.4. The molecule has 290 valence electrons. The third-order valence-electron chi connectivity index (χ3n) is 11.9. The summed E-state index contributed by atoms with van der Waals surface area (Å²) in [6.45, 7) is 4.94. The fourth-order valence-corrected chi connectivity index (χ4v) is 10.2. The van der Waals surface area contributed by atoms with Crippen molar-refractivity contribution < 1.29 is 28.7 Å². The van der Waals surface area contributed by atoms with Gasteiger partial charge in [0.1, 0.15) is 24.2 Å². The summed E-state index contributed by atoms with van der Waals surface area (Å²) in [6, 6.07) is 7.77. The van der Waals surface area contributed by atoms with E-state index in [0.29, 0.717) is 24.9 Å². The first kappa shape index (κ1) is 36.8. The quantitative estimate of drug-likeness (QED) is 0.139. The van der Waals surface area contributed by atoms with Gasteiger partial charge in [-0.2, -0.15) is 0 Å². The maximum atomic E-state index is 13.7. The lowest BCUT2D eigenvalue weighted by molar-refractivity contribution is -0.135. The molecule has 0 spiro atoms. The number of amides is 4. The summed E-state index contributed by atoms with van der Waals surface area (Å²) >= 11 is 1.74. The molecule has 2 bridgehead atoms. The number of nitrogens with zero attached hydrogens (tertiary/aromatic N) is 4. The molecule has 4 aliphatic rings. The number of imidazole rings is 2. The summed E-state index contributed by atoms with van der Waals surface area (Å²) in [7, 11) is 2.58. The monoisotopic (exact) mass is 768 g/mol. The second-order valence-corrected chi connectivity index (χ2v) is 16.4. The number of hydrogen-bond donors (Lipinski definition) is 4. The molecular formula is C40H48N8O6S. The molecule has 1 aromatic carbocycles. The number of likely N-dealkylation sites (tertiary alicyclic amines) is 2. The molecule has 14 nitrogen and oxygen atoms in total. The maximum Gasteiger partial charge on any atom is 0.407 e. The van der Waals surface area contributed by atoms with E-state index in [4.69, 9.17) is 14.7 Å². The lowest BCUT2D eigenvalue weighted by atomic mass is 9.84. The molecule has 5 heterocycles. The van der Waals surface area contributed by atoms with Crippen LogP contribution in [0.15, 0.2) is 36.7 Å². The van der Waals surface area contributed by atoms with Gasteiger partial charge in [-0.15, -0.1) is 11.3 Å². The van der Waals surface area contributed by atoms with E-state index < -0.39 is 18.2 Å². The molecule has 5 atom stereocenters. The second kappa shape index (κ2) is 15.2. The molecule has 8 rings (SSSR count). The van der Waals surface area contributed by atoms with E-state index in [9.17, 15) is 19.2 Å². The number of thiophene rings is 1. The molecule has 4 amide bonds. The minimum atomic E-state index is -0.682. The molecule has 2 aliphatic heterocycles. The van der Waals surface area contributed by atoms with Crippen molar-refractivity contribution >= 4 is 35.3 Å². The molecule has 1 saturated carbocycles. The van der Waals surface area contributed by atoms with Crippen LogP contribution in [-0.4, -0.2) is 93.6 Å². The number of nitrogens with one attached hydrogen (secondary N) is 4. The largest absolute Gasteiger partial charge is 0.453 e. The molecule has 0 radical (unpaired) electrons. The van der Waals surface area contributed by atoms with Crippen LogP contribution < -0.4 is 10.6 Å². The number of aromatic nitrogens is 4. The summed E-state index contributed by atoms with van der Waals surface area (Å²) < 4.78 is 9.41. The number of aromatic amines is 2. The van der Waals surface area contributed by atoms with Gasteiger partial charge in [-0.05, 0) is 91.5 Å². The number of fused-ring (bicyclic) bond motifs is 5. The van der Waals surface area contributed by atoms with Crippen LogP contribution in [0.3, 0.4) is 0 Å². The molecule has 15 heteroatoms. The Morgan fingerprint density at radius 2 is 1.40 bits per heavy atom. The zero-order valence-electron chi connectivity index (χ0n) is 31.6. The normalized spacial score (nSPS) is 21.9. The standard InChI is InChI=1S/C40H48N8O6S/c1-21(2)35(46-40(52)54-4)38(50)48-16-6-8-29(48)37-41-18-26(44-37)24-11-12-25(34-23-10-9-22(17-23)33(24)34)30-13-14-31(55-30)27-19-42-36(45-27)28-7-5-15-47(28)32(49)20-43-39(51)53-3/h11-14,18-19,21-23,28-29,35H,5-10,15-17,20H2,1-4H3,(H,41,44)(H,42,45)(H,43,51)(H,46,52). The lowest BCUT2D eigenvalue weighted by Gasteiger charge is -2.30. The van der Waals surface area contributed by atoms with Gasteiger partial charge in [0, 0.05) is 23.5 Å². The summed E-state index contributed by atoms with van der Waals surface area (Å²) in [4.78, 5) is 72.8. The lowest BCUT2D eigenvalue weighted by Crippen LogP contribution is -2.51. The highest BCUT2D eigenvalue weighted by atomic mass is 32.1. The van der Waals surface area contributed by atoms with Crippen molar-refractivity contribution in [3.8, 4) is 32.3 Å². The Kier molecular flexibility index (Phi) is 10.1. The minimum Gasteiger partial charge on any atom is -0.453 e. The first-order valence-electron chi connectivity index (χ1n) is 19.3. The van der Waals surface area contributed by atoms with Crippen molar-refractivity contribution in [1.29, 1.82) is 0 Å². The third kappa shape index (κ3) is 6.87. The van der Waals surface area contributed by atoms with Crippen LogP contribution in [0, 0.1) is 5.92 Å². The Morgan fingerprint density at radius 3 is 2.09 bits per heavy atom. The van der Waals surface area contributed by atoms with Crippen molar-refractivity contribution in [2.24, 2.45) is 5.92 Å². The van der Waals surface area contributed by atoms with E-state index in [0.717, 1.165) is 60.0 Å². The van der Waals surface area contributed by atoms with Gasteiger partial charge in [-0.25, -0.2) is 19.6 Å². The predicted molar refractivity (Wildman–Crippen MR) is 206 cm³/mol. The third-order valence-corrected chi connectivity index (χ3v) is 13.0. The van der Waals surface area contributed by atoms with Gasteiger partial charge in [0.25, 0.3) is 0 Å². The van der Waals surface area contributed by atoms with Crippen LogP contribution in [0.4, 0.5) is 9.59 Å². The number of carbonyl (C=O) groups excluding carboxylic acids is 4. The van der Waals surface area contributed by atoms with Crippen molar-refractivity contribution in [3.63, 3.8) is 0 Å². The van der Waals surface area contributed by atoms with Gasteiger partial charge in [-0.1, -0.05) is 26.0 Å². The molecule has 2 aliphatic carbocycles. The van der Waals surface area contributed by atoms with Gasteiger partial charge in [0.2, 0.25) is 11.8 Å². The SMILES string of the molecule is COC(=O)NCC(=O)N1CCCC1c1ncc(-c2ccc(-c3ccc(-c4cnc(C5CCCN5C(=O)C(NC(=O)OC)C(C)C)[nH]4)c4c3C3CCC4C3)s2)[nH]1. The number of ether oxygens (including phenoxy) is 2. The van der Waals surface area contributed by atoms with Gasteiger partial charge in [0.05, 0.1) is 55.0 Å².